The first-order chi connectivity index (χ1) is 13.5. The van der Waals surface area contributed by atoms with E-state index in [4.69, 9.17) is 0 Å². The maximum atomic E-state index is 12.8. The van der Waals surface area contributed by atoms with Crippen molar-refractivity contribution in [1.82, 2.24) is 4.57 Å². The van der Waals surface area contributed by atoms with Gasteiger partial charge in [-0.25, -0.2) is 0 Å². The molecule has 1 aromatic heterocycles. The van der Waals surface area contributed by atoms with Crippen molar-refractivity contribution in [3.63, 3.8) is 0 Å². The molecule has 0 radical (unpaired) electrons. The second kappa shape index (κ2) is 7.16. The number of thiazole rings is 1. The van der Waals surface area contributed by atoms with Crippen LogP contribution in [0, 0.1) is 6.92 Å². The lowest BCUT2D eigenvalue weighted by Crippen LogP contribution is -2.28. The zero-order valence-corrected chi connectivity index (χ0v) is 16.5. The van der Waals surface area contributed by atoms with Gasteiger partial charge in [-0.3, -0.25) is 19.3 Å². The molecular formula is C21H19N3O3S. The lowest BCUT2D eigenvalue weighted by atomic mass is 10.2. The lowest BCUT2D eigenvalue weighted by Gasteiger charge is -2.14. The van der Waals surface area contributed by atoms with Crippen LogP contribution in [0.3, 0.4) is 0 Å². The van der Waals surface area contributed by atoms with Crippen molar-refractivity contribution >= 4 is 45.0 Å². The fourth-order valence-electron chi connectivity index (χ4n) is 3.37. The molecule has 0 aliphatic carbocycles. The summed E-state index contributed by atoms with van der Waals surface area (Å²) in [7, 11) is 0. The Hall–Kier alpha value is -3.06. The van der Waals surface area contributed by atoms with Gasteiger partial charge < -0.3 is 4.57 Å². The van der Waals surface area contributed by atoms with Crippen LogP contribution in [0.4, 0.5) is 5.69 Å². The van der Waals surface area contributed by atoms with Gasteiger partial charge in [0.15, 0.2) is 4.80 Å². The van der Waals surface area contributed by atoms with Crippen molar-refractivity contribution < 1.29 is 14.4 Å². The van der Waals surface area contributed by atoms with Crippen LogP contribution in [0.2, 0.25) is 0 Å². The number of amides is 3. The van der Waals surface area contributed by atoms with Gasteiger partial charge >= 0.3 is 0 Å². The molecule has 1 aliphatic heterocycles. The van der Waals surface area contributed by atoms with Crippen molar-refractivity contribution in [3.8, 4) is 0 Å². The smallest absolute Gasteiger partial charge is 0.279 e. The van der Waals surface area contributed by atoms with Crippen LogP contribution in [0.5, 0.6) is 0 Å². The number of hydrogen-bond acceptors (Lipinski definition) is 4. The van der Waals surface area contributed by atoms with Gasteiger partial charge in [0.25, 0.3) is 5.91 Å². The van der Waals surface area contributed by atoms with E-state index in [9.17, 15) is 14.4 Å². The number of rotatable bonds is 3. The SMILES string of the molecule is CCn1c(=NC(=O)c2cccc(N3C(=O)CCC3=O)c2)sc2cc(C)ccc21. The van der Waals surface area contributed by atoms with E-state index in [1.807, 2.05) is 30.5 Å². The molecule has 0 atom stereocenters. The minimum atomic E-state index is -0.397. The molecule has 0 bridgehead atoms. The lowest BCUT2D eigenvalue weighted by molar-refractivity contribution is -0.121. The van der Waals surface area contributed by atoms with Gasteiger partial charge in [0.1, 0.15) is 0 Å². The molecule has 142 valence electrons. The number of fused-ring (bicyclic) bond motifs is 1. The zero-order valence-electron chi connectivity index (χ0n) is 15.6. The van der Waals surface area contributed by atoms with Gasteiger partial charge in [0.2, 0.25) is 11.8 Å². The number of carbonyl (C=O) groups excluding carboxylic acids is 3. The number of hydrogen-bond donors (Lipinski definition) is 0. The van der Waals surface area contributed by atoms with Crippen LogP contribution in [0.25, 0.3) is 10.2 Å². The van der Waals surface area contributed by atoms with E-state index in [1.54, 1.807) is 24.3 Å². The minimum absolute atomic E-state index is 0.207. The standard InChI is InChI=1S/C21H19N3O3S/c1-3-23-16-8-7-13(2)11-17(16)28-21(23)22-20(27)14-5-4-6-15(12-14)24-18(25)9-10-19(24)26/h4-8,11-12H,3,9-10H2,1-2H3. The van der Waals surface area contributed by atoms with E-state index in [2.05, 4.69) is 11.1 Å². The Labute approximate surface area is 165 Å². The third kappa shape index (κ3) is 3.18. The second-order valence-corrected chi connectivity index (χ2v) is 7.70. The summed E-state index contributed by atoms with van der Waals surface area (Å²) >= 11 is 1.47. The maximum Gasteiger partial charge on any atom is 0.279 e. The molecule has 2 aromatic carbocycles. The molecule has 3 aromatic rings. The Morgan fingerprint density at radius 3 is 2.57 bits per heavy atom. The topological polar surface area (TPSA) is 71.7 Å². The predicted molar refractivity (Wildman–Crippen MR) is 108 cm³/mol. The van der Waals surface area contributed by atoms with Crippen LogP contribution >= 0.6 is 11.3 Å². The van der Waals surface area contributed by atoms with Crippen LogP contribution in [-0.4, -0.2) is 22.3 Å². The fraction of sp³-hybridized carbons (Fsp3) is 0.238. The van der Waals surface area contributed by atoms with Gasteiger partial charge in [-0.1, -0.05) is 23.5 Å². The molecule has 2 heterocycles. The number of benzene rings is 2. The van der Waals surface area contributed by atoms with E-state index >= 15 is 0 Å². The highest BCUT2D eigenvalue weighted by Crippen LogP contribution is 2.24. The Kier molecular flexibility index (Phi) is 4.68. The molecule has 0 unspecified atom stereocenters. The molecule has 1 aliphatic rings. The summed E-state index contributed by atoms with van der Waals surface area (Å²) in [6.07, 6.45) is 0.415. The average Bonchev–Trinajstić information content (AvgIpc) is 3.19. The normalized spacial score (nSPS) is 15.1. The fourth-order valence-corrected chi connectivity index (χ4v) is 4.56. The number of aryl methyl sites for hydroxylation is 2. The summed E-state index contributed by atoms with van der Waals surface area (Å²) in [5, 5.41) is 0. The molecule has 1 fully saturated rings. The molecule has 3 amide bonds. The van der Waals surface area contributed by atoms with Crippen LogP contribution in [-0.2, 0) is 16.1 Å². The highest BCUT2D eigenvalue weighted by Gasteiger charge is 2.30. The van der Waals surface area contributed by atoms with E-state index < -0.39 is 5.91 Å². The van der Waals surface area contributed by atoms with Crippen molar-refractivity contribution in [2.24, 2.45) is 4.99 Å². The molecule has 4 rings (SSSR count). The molecule has 1 saturated heterocycles. The Balaban J connectivity index is 1.75. The van der Waals surface area contributed by atoms with E-state index in [-0.39, 0.29) is 24.7 Å². The first kappa shape index (κ1) is 18.3. The minimum Gasteiger partial charge on any atom is -0.317 e. The van der Waals surface area contributed by atoms with E-state index in [0.29, 0.717) is 22.6 Å². The Morgan fingerprint density at radius 2 is 1.86 bits per heavy atom. The quantitative estimate of drug-likeness (QED) is 0.640. The molecule has 0 spiro atoms. The molecule has 6 nitrogen and oxygen atoms in total. The van der Waals surface area contributed by atoms with Gasteiger partial charge in [-0.05, 0) is 49.7 Å². The summed E-state index contributed by atoms with van der Waals surface area (Å²) in [5.41, 5.74) is 2.97. The van der Waals surface area contributed by atoms with Gasteiger partial charge in [-0.2, -0.15) is 4.99 Å². The highest BCUT2D eigenvalue weighted by atomic mass is 32.1. The van der Waals surface area contributed by atoms with Gasteiger partial charge in [0, 0.05) is 24.9 Å². The monoisotopic (exact) mass is 393 g/mol. The first-order valence-corrected chi connectivity index (χ1v) is 9.94. The maximum absolute atomic E-state index is 12.8. The van der Waals surface area contributed by atoms with Gasteiger partial charge in [0.05, 0.1) is 15.9 Å². The van der Waals surface area contributed by atoms with Crippen molar-refractivity contribution in [1.29, 1.82) is 0 Å². The van der Waals surface area contributed by atoms with Gasteiger partial charge in [-0.15, -0.1) is 0 Å². The summed E-state index contributed by atoms with van der Waals surface area (Å²) in [4.78, 5) is 42.8. The third-order valence-corrected chi connectivity index (χ3v) is 5.80. The molecular weight excluding hydrogens is 374 g/mol. The van der Waals surface area contributed by atoms with Crippen molar-refractivity contribution in [2.45, 2.75) is 33.2 Å². The van der Waals surface area contributed by atoms with Crippen molar-refractivity contribution in [2.75, 3.05) is 4.90 Å². The van der Waals surface area contributed by atoms with Crippen LogP contribution in [0.1, 0.15) is 35.7 Å². The Bertz CT molecular complexity index is 1170. The number of nitrogens with zero attached hydrogens (tertiary/aromatic N) is 3. The highest BCUT2D eigenvalue weighted by molar-refractivity contribution is 7.16. The summed E-state index contributed by atoms with van der Waals surface area (Å²) < 4.78 is 3.09. The van der Waals surface area contributed by atoms with Crippen LogP contribution < -0.4 is 9.70 Å². The first-order valence-electron chi connectivity index (χ1n) is 9.13. The Morgan fingerprint density at radius 1 is 1.11 bits per heavy atom. The summed E-state index contributed by atoms with van der Waals surface area (Å²) in [5.74, 6) is -0.878. The molecule has 7 heteroatoms. The van der Waals surface area contributed by atoms with E-state index in [0.717, 1.165) is 20.7 Å². The number of carbonyl (C=O) groups is 3. The third-order valence-electron chi connectivity index (χ3n) is 4.75. The second-order valence-electron chi connectivity index (χ2n) is 6.69. The largest absolute Gasteiger partial charge is 0.317 e. The van der Waals surface area contributed by atoms with Crippen LogP contribution in [0.15, 0.2) is 47.5 Å². The summed E-state index contributed by atoms with van der Waals surface area (Å²) in [6.45, 7) is 4.75. The molecule has 0 N–H and O–H groups in total. The number of anilines is 1. The summed E-state index contributed by atoms with van der Waals surface area (Å²) in [6, 6.07) is 12.7. The number of aromatic nitrogens is 1. The zero-order chi connectivity index (χ0) is 19.8. The van der Waals surface area contributed by atoms with E-state index in [1.165, 1.54) is 11.3 Å². The molecule has 28 heavy (non-hydrogen) atoms. The number of imide groups is 1. The molecule has 0 saturated carbocycles. The van der Waals surface area contributed by atoms with Crippen molar-refractivity contribution in [3.05, 3.63) is 58.4 Å². The predicted octanol–water partition coefficient (Wildman–Crippen LogP) is 3.43. The average molecular weight is 393 g/mol.